The normalized spacial score (nSPS) is 10.8. The number of ether oxygens (including phenoxy) is 1. The molecule has 142 valence electrons. The van der Waals surface area contributed by atoms with Crippen LogP contribution in [0.15, 0.2) is 23.3 Å². The summed E-state index contributed by atoms with van der Waals surface area (Å²) < 4.78 is 4.62. The van der Waals surface area contributed by atoms with Crippen molar-refractivity contribution in [1.29, 1.82) is 0 Å². The predicted octanol–water partition coefficient (Wildman–Crippen LogP) is 3.18. The highest BCUT2D eigenvalue weighted by Crippen LogP contribution is 2.05. The van der Waals surface area contributed by atoms with Crippen molar-refractivity contribution in [3.05, 3.63) is 29.0 Å². The van der Waals surface area contributed by atoms with Gasteiger partial charge in [0.2, 0.25) is 0 Å². The molecule has 6 nitrogen and oxygen atoms in total. The average molecular weight is 483 g/mol. The number of halogens is 2. The van der Waals surface area contributed by atoms with Crippen LogP contribution in [0.1, 0.15) is 38.2 Å². The number of unbranched alkanes of at least 4 members (excludes halogenated alkanes) is 2. The fourth-order valence-corrected chi connectivity index (χ4v) is 2.18. The van der Waals surface area contributed by atoms with Gasteiger partial charge in [-0.25, -0.2) is 4.98 Å². The first kappa shape index (κ1) is 23.9. The molecule has 0 spiro atoms. The highest BCUT2D eigenvalue weighted by Gasteiger charge is 2.00. The summed E-state index contributed by atoms with van der Waals surface area (Å²) in [4.78, 5) is 19.6. The number of nitrogens with zero attached hydrogens (tertiary/aromatic N) is 2. The molecule has 1 rings (SSSR count). The predicted molar refractivity (Wildman–Crippen MR) is 113 cm³/mol. The molecule has 2 N–H and O–H groups in total. The minimum Gasteiger partial charge on any atom is -0.469 e. The van der Waals surface area contributed by atoms with Crippen LogP contribution in [0.5, 0.6) is 0 Å². The van der Waals surface area contributed by atoms with E-state index in [1.54, 1.807) is 12.3 Å². The largest absolute Gasteiger partial charge is 0.469 e. The maximum Gasteiger partial charge on any atom is 0.305 e. The lowest BCUT2D eigenvalue weighted by atomic mass is 10.2. The molecule has 1 aromatic heterocycles. The van der Waals surface area contributed by atoms with Gasteiger partial charge >= 0.3 is 5.97 Å². The number of hydrogen-bond donors (Lipinski definition) is 2. The molecule has 0 saturated carbocycles. The maximum absolute atomic E-state index is 11.0. The summed E-state index contributed by atoms with van der Waals surface area (Å²) in [6.07, 6.45) is 5.88. The molecule has 0 bridgehead atoms. The van der Waals surface area contributed by atoms with Crippen molar-refractivity contribution in [1.82, 2.24) is 15.6 Å². The molecule has 0 aliphatic carbocycles. The first-order valence-corrected chi connectivity index (χ1v) is 8.73. The van der Waals surface area contributed by atoms with E-state index >= 15 is 0 Å². The number of guanidine groups is 1. The zero-order valence-electron chi connectivity index (χ0n) is 14.9. The summed E-state index contributed by atoms with van der Waals surface area (Å²) in [5.74, 6) is 0.664. The Labute approximate surface area is 172 Å². The molecule has 1 aromatic rings. The van der Waals surface area contributed by atoms with Crippen LogP contribution >= 0.6 is 35.6 Å². The maximum atomic E-state index is 11.0. The van der Waals surface area contributed by atoms with Crippen LogP contribution in [0.2, 0.25) is 5.15 Å². The number of pyridine rings is 1. The molecular formula is C17H28ClIN4O2. The van der Waals surface area contributed by atoms with Crippen molar-refractivity contribution < 1.29 is 9.53 Å². The van der Waals surface area contributed by atoms with Crippen LogP contribution in [-0.2, 0) is 16.0 Å². The monoisotopic (exact) mass is 482 g/mol. The van der Waals surface area contributed by atoms with E-state index in [0.29, 0.717) is 11.6 Å². The van der Waals surface area contributed by atoms with Gasteiger partial charge in [-0.15, -0.1) is 24.0 Å². The SMILES string of the molecule is CCNC(=NCCCCCC(=O)OC)NCCc1ccc(Cl)nc1.I. The lowest BCUT2D eigenvalue weighted by Crippen LogP contribution is -2.38. The molecule has 8 heteroatoms. The Morgan fingerprint density at radius 3 is 2.72 bits per heavy atom. The van der Waals surface area contributed by atoms with Gasteiger partial charge in [-0.1, -0.05) is 24.1 Å². The molecule has 25 heavy (non-hydrogen) atoms. The average Bonchev–Trinajstić information content (AvgIpc) is 2.59. The molecule has 0 atom stereocenters. The van der Waals surface area contributed by atoms with Gasteiger partial charge in [-0.2, -0.15) is 0 Å². The summed E-state index contributed by atoms with van der Waals surface area (Å²) >= 11 is 5.77. The molecule has 0 saturated heterocycles. The highest BCUT2D eigenvalue weighted by molar-refractivity contribution is 14.0. The van der Waals surface area contributed by atoms with E-state index in [-0.39, 0.29) is 29.9 Å². The third-order valence-electron chi connectivity index (χ3n) is 3.38. The minimum absolute atomic E-state index is 0. The highest BCUT2D eigenvalue weighted by atomic mass is 127. The van der Waals surface area contributed by atoms with Gasteiger partial charge < -0.3 is 15.4 Å². The summed E-state index contributed by atoms with van der Waals surface area (Å²) in [5.41, 5.74) is 1.13. The van der Waals surface area contributed by atoms with Crippen LogP contribution in [0, 0.1) is 0 Å². The fraction of sp³-hybridized carbons (Fsp3) is 0.588. The van der Waals surface area contributed by atoms with Crippen LogP contribution in [0.25, 0.3) is 0 Å². The van der Waals surface area contributed by atoms with Crippen LogP contribution in [-0.4, -0.2) is 43.7 Å². The number of aliphatic imine (C=N–C) groups is 1. The Hall–Kier alpha value is -1.09. The van der Waals surface area contributed by atoms with Gasteiger partial charge in [0.25, 0.3) is 0 Å². The standard InChI is InChI=1S/C17H27ClN4O2.HI/c1-3-19-17(20-11-6-4-5-7-16(23)24-2)21-12-10-14-8-9-15(18)22-13-14;/h8-9,13H,3-7,10-12H2,1-2H3,(H2,19,20,21);1H. The third-order valence-corrected chi connectivity index (χ3v) is 3.60. The Kier molecular flexibility index (Phi) is 14.5. The van der Waals surface area contributed by atoms with E-state index in [4.69, 9.17) is 11.6 Å². The number of rotatable bonds is 10. The molecule has 0 aliphatic heterocycles. The second-order valence-corrected chi connectivity index (χ2v) is 5.70. The van der Waals surface area contributed by atoms with Gasteiger partial charge in [0, 0.05) is 32.3 Å². The van der Waals surface area contributed by atoms with Gasteiger partial charge in [0.05, 0.1) is 7.11 Å². The number of methoxy groups -OCH3 is 1. The number of esters is 1. The van der Waals surface area contributed by atoms with E-state index < -0.39 is 0 Å². The Bertz CT molecular complexity index is 512. The minimum atomic E-state index is -0.148. The van der Waals surface area contributed by atoms with Crippen molar-refractivity contribution in [3.63, 3.8) is 0 Å². The zero-order valence-corrected chi connectivity index (χ0v) is 18.0. The molecule has 0 amide bonds. The number of hydrogen-bond acceptors (Lipinski definition) is 4. The summed E-state index contributed by atoms with van der Waals surface area (Å²) in [6.45, 7) is 4.36. The van der Waals surface area contributed by atoms with Crippen molar-refractivity contribution in [2.24, 2.45) is 4.99 Å². The number of carbonyl (C=O) groups is 1. The van der Waals surface area contributed by atoms with E-state index in [1.807, 2.05) is 13.0 Å². The van der Waals surface area contributed by atoms with E-state index in [2.05, 4.69) is 25.3 Å². The van der Waals surface area contributed by atoms with E-state index in [1.165, 1.54) is 7.11 Å². The summed E-state index contributed by atoms with van der Waals surface area (Å²) in [7, 11) is 1.42. The summed E-state index contributed by atoms with van der Waals surface area (Å²) in [5, 5.41) is 7.04. The molecule has 1 heterocycles. The number of nitrogens with one attached hydrogen (secondary N) is 2. The van der Waals surface area contributed by atoms with Crippen molar-refractivity contribution in [3.8, 4) is 0 Å². The van der Waals surface area contributed by atoms with Gasteiger partial charge in [-0.3, -0.25) is 9.79 Å². The van der Waals surface area contributed by atoms with Crippen LogP contribution in [0.4, 0.5) is 0 Å². The van der Waals surface area contributed by atoms with Gasteiger partial charge in [-0.05, 0) is 37.8 Å². The lowest BCUT2D eigenvalue weighted by Gasteiger charge is -2.11. The van der Waals surface area contributed by atoms with Crippen molar-refractivity contribution in [2.45, 2.75) is 39.0 Å². The molecular weight excluding hydrogens is 455 g/mol. The fourth-order valence-electron chi connectivity index (χ4n) is 2.07. The molecule has 0 aliphatic rings. The first-order valence-electron chi connectivity index (χ1n) is 8.35. The first-order chi connectivity index (χ1) is 11.7. The molecule has 0 fully saturated rings. The lowest BCUT2D eigenvalue weighted by molar-refractivity contribution is -0.140. The second-order valence-electron chi connectivity index (χ2n) is 5.31. The van der Waals surface area contributed by atoms with Gasteiger partial charge in [0.15, 0.2) is 5.96 Å². The number of aromatic nitrogens is 1. The third kappa shape index (κ3) is 12.0. The Morgan fingerprint density at radius 2 is 2.08 bits per heavy atom. The van der Waals surface area contributed by atoms with E-state index in [9.17, 15) is 4.79 Å². The summed E-state index contributed by atoms with van der Waals surface area (Å²) in [6, 6.07) is 3.77. The van der Waals surface area contributed by atoms with Crippen molar-refractivity contribution in [2.75, 3.05) is 26.7 Å². The van der Waals surface area contributed by atoms with Crippen LogP contribution in [0.3, 0.4) is 0 Å². The quantitative estimate of drug-likeness (QED) is 0.134. The molecule has 0 aromatic carbocycles. The number of carbonyl (C=O) groups excluding carboxylic acids is 1. The molecule has 0 radical (unpaired) electrons. The van der Waals surface area contributed by atoms with Crippen LogP contribution < -0.4 is 10.6 Å². The zero-order chi connectivity index (χ0) is 17.6. The Morgan fingerprint density at radius 1 is 1.28 bits per heavy atom. The smallest absolute Gasteiger partial charge is 0.305 e. The Balaban J connectivity index is 0.00000576. The van der Waals surface area contributed by atoms with Crippen molar-refractivity contribution >= 4 is 47.5 Å². The van der Waals surface area contributed by atoms with E-state index in [0.717, 1.165) is 56.8 Å². The second kappa shape index (κ2) is 15.2. The topological polar surface area (TPSA) is 75.6 Å². The molecule has 0 unspecified atom stereocenters. The van der Waals surface area contributed by atoms with Gasteiger partial charge in [0.1, 0.15) is 5.15 Å².